The third kappa shape index (κ3) is 3.70. The molecule has 0 amide bonds. The number of nitrogens with zero attached hydrogens (tertiary/aromatic N) is 1. The molecule has 25 heavy (non-hydrogen) atoms. The van der Waals surface area contributed by atoms with Crippen molar-refractivity contribution in [2.45, 2.75) is 49.9 Å². The summed E-state index contributed by atoms with van der Waals surface area (Å²) >= 11 is 5.91. The number of piperidine rings is 1. The van der Waals surface area contributed by atoms with Crippen molar-refractivity contribution in [3.63, 3.8) is 0 Å². The average Bonchev–Trinajstić information content (AvgIpc) is 2.58. The number of carboxylic acid groups (broad SMARTS) is 1. The molecule has 5 nitrogen and oxygen atoms in total. The zero-order valence-electron chi connectivity index (χ0n) is 14.5. The SMILES string of the molecule is COC1(C(C(=O)O)N2CCC(C(O)c3ccc(Cl)cc3)CC2)CCC1. The third-order valence-electron chi connectivity index (χ3n) is 5.94. The van der Waals surface area contributed by atoms with Gasteiger partial charge in [-0.05, 0) is 68.8 Å². The standard InChI is InChI=1S/C19H26ClNO4/c1-25-19(9-2-10-19)17(18(23)24)21-11-7-14(8-12-21)16(22)13-3-5-15(20)6-4-13/h3-6,14,16-17,22H,2,7-12H2,1H3,(H,23,24). The Bertz CT molecular complexity index is 588. The van der Waals surface area contributed by atoms with E-state index in [1.54, 1.807) is 19.2 Å². The number of methoxy groups -OCH3 is 1. The lowest BCUT2D eigenvalue weighted by molar-refractivity contribution is -0.174. The van der Waals surface area contributed by atoms with E-state index in [-0.39, 0.29) is 5.92 Å². The monoisotopic (exact) mass is 367 g/mol. The highest BCUT2D eigenvalue weighted by Crippen LogP contribution is 2.42. The fourth-order valence-corrected chi connectivity index (χ4v) is 4.38. The third-order valence-corrected chi connectivity index (χ3v) is 6.19. The molecule has 0 bridgehead atoms. The van der Waals surface area contributed by atoms with Crippen LogP contribution < -0.4 is 0 Å². The number of rotatable bonds is 6. The second-order valence-electron chi connectivity index (χ2n) is 7.23. The van der Waals surface area contributed by atoms with Crippen molar-refractivity contribution in [2.24, 2.45) is 5.92 Å². The summed E-state index contributed by atoms with van der Waals surface area (Å²) in [6.45, 7) is 1.33. The minimum atomic E-state index is -0.807. The van der Waals surface area contributed by atoms with Gasteiger partial charge in [-0.15, -0.1) is 0 Å². The van der Waals surface area contributed by atoms with Gasteiger partial charge in [-0.25, -0.2) is 0 Å². The molecular weight excluding hydrogens is 342 g/mol. The number of halogens is 1. The molecule has 6 heteroatoms. The van der Waals surface area contributed by atoms with Crippen LogP contribution in [0.5, 0.6) is 0 Å². The molecule has 138 valence electrons. The normalized spacial score (nSPS) is 23.6. The van der Waals surface area contributed by atoms with E-state index < -0.39 is 23.7 Å². The highest BCUT2D eigenvalue weighted by molar-refractivity contribution is 6.30. The summed E-state index contributed by atoms with van der Waals surface area (Å²) in [7, 11) is 1.62. The van der Waals surface area contributed by atoms with Crippen LogP contribution in [-0.4, -0.2) is 52.9 Å². The number of carboxylic acids is 1. The van der Waals surface area contributed by atoms with Crippen LogP contribution in [0.3, 0.4) is 0 Å². The van der Waals surface area contributed by atoms with Crippen LogP contribution in [0, 0.1) is 5.92 Å². The van der Waals surface area contributed by atoms with Crippen molar-refractivity contribution >= 4 is 17.6 Å². The predicted octanol–water partition coefficient (Wildman–Crippen LogP) is 3.11. The number of hydrogen-bond donors (Lipinski definition) is 2. The van der Waals surface area contributed by atoms with Crippen LogP contribution in [0.1, 0.15) is 43.8 Å². The maximum atomic E-state index is 11.9. The molecule has 1 aromatic rings. The van der Waals surface area contributed by atoms with E-state index in [9.17, 15) is 15.0 Å². The van der Waals surface area contributed by atoms with Crippen LogP contribution in [0.15, 0.2) is 24.3 Å². The quantitative estimate of drug-likeness (QED) is 0.808. The van der Waals surface area contributed by atoms with E-state index in [4.69, 9.17) is 16.3 Å². The summed E-state index contributed by atoms with van der Waals surface area (Å²) in [5.41, 5.74) is 0.318. The van der Waals surface area contributed by atoms with E-state index in [1.165, 1.54) is 0 Å². The summed E-state index contributed by atoms with van der Waals surface area (Å²) in [5, 5.41) is 21.0. The Morgan fingerprint density at radius 1 is 1.28 bits per heavy atom. The molecule has 2 N–H and O–H groups in total. The molecule has 1 saturated carbocycles. The number of carbonyl (C=O) groups is 1. The lowest BCUT2D eigenvalue weighted by atomic mass is 9.73. The van der Waals surface area contributed by atoms with E-state index in [2.05, 4.69) is 0 Å². The van der Waals surface area contributed by atoms with Crippen molar-refractivity contribution in [3.05, 3.63) is 34.9 Å². The Kier molecular flexibility index (Phi) is 5.68. The van der Waals surface area contributed by atoms with E-state index in [0.29, 0.717) is 18.1 Å². The van der Waals surface area contributed by atoms with Crippen LogP contribution in [0.25, 0.3) is 0 Å². The predicted molar refractivity (Wildman–Crippen MR) is 95.7 cm³/mol. The molecule has 0 spiro atoms. The van der Waals surface area contributed by atoms with Gasteiger partial charge in [-0.3, -0.25) is 9.69 Å². The first-order valence-electron chi connectivity index (χ1n) is 8.92. The highest BCUT2D eigenvalue weighted by Gasteiger charge is 2.51. The molecule has 1 aromatic carbocycles. The summed E-state index contributed by atoms with van der Waals surface area (Å²) in [5.74, 6) is -0.676. The Morgan fingerprint density at radius 2 is 1.88 bits per heavy atom. The Labute approximate surface area is 153 Å². The maximum absolute atomic E-state index is 11.9. The molecule has 1 heterocycles. The topological polar surface area (TPSA) is 70.0 Å². The first-order chi connectivity index (χ1) is 12.0. The zero-order valence-corrected chi connectivity index (χ0v) is 15.3. The van der Waals surface area contributed by atoms with Gasteiger partial charge < -0.3 is 14.9 Å². The van der Waals surface area contributed by atoms with Crippen molar-refractivity contribution in [1.29, 1.82) is 0 Å². The molecule has 2 unspecified atom stereocenters. The Hall–Kier alpha value is -1.14. The second kappa shape index (κ2) is 7.62. The minimum absolute atomic E-state index is 0.131. The number of ether oxygens (including phenoxy) is 1. The molecule has 3 rings (SSSR count). The number of aliphatic hydroxyl groups is 1. The molecule has 1 aliphatic heterocycles. The Morgan fingerprint density at radius 3 is 2.32 bits per heavy atom. The summed E-state index contributed by atoms with van der Waals surface area (Å²) < 4.78 is 5.62. The maximum Gasteiger partial charge on any atom is 0.323 e. The average molecular weight is 368 g/mol. The van der Waals surface area contributed by atoms with Gasteiger partial charge in [0.2, 0.25) is 0 Å². The summed E-state index contributed by atoms with van der Waals surface area (Å²) in [6, 6.07) is 6.69. The zero-order chi connectivity index (χ0) is 18.0. The van der Waals surface area contributed by atoms with Gasteiger partial charge in [0.25, 0.3) is 0 Å². The first-order valence-corrected chi connectivity index (χ1v) is 9.30. The number of benzene rings is 1. The fourth-order valence-electron chi connectivity index (χ4n) is 4.25. The summed E-state index contributed by atoms with van der Waals surface area (Å²) in [6.07, 6.45) is 3.62. The van der Waals surface area contributed by atoms with Crippen LogP contribution in [0.2, 0.25) is 5.02 Å². The molecule has 2 fully saturated rings. The molecule has 1 aliphatic carbocycles. The lowest BCUT2D eigenvalue weighted by Gasteiger charge is -2.50. The number of aliphatic hydroxyl groups excluding tert-OH is 1. The Balaban J connectivity index is 1.64. The van der Waals surface area contributed by atoms with Gasteiger partial charge in [-0.2, -0.15) is 0 Å². The van der Waals surface area contributed by atoms with E-state index in [1.807, 2.05) is 17.0 Å². The molecule has 1 saturated heterocycles. The van der Waals surface area contributed by atoms with Gasteiger partial charge in [0.15, 0.2) is 0 Å². The molecule has 2 atom stereocenters. The number of likely N-dealkylation sites (tertiary alicyclic amines) is 1. The van der Waals surface area contributed by atoms with E-state index >= 15 is 0 Å². The largest absolute Gasteiger partial charge is 0.480 e. The molecule has 0 radical (unpaired) electrons. The van der Waals surface area contributed by atoms with E-state index in [0.717, 1.165) is 37.7 Å². The van der Waals surface area contributed by atoms with Crippen molar-refractivity contribution < 1.29 is 19.7 Å². The molecule has 0 aromatic heterocycles. The van der Waals surface area contributed by atoms with Crippen molar-refractivity contribution in [3.8, 4) is 0 Å². The second-order valence-corrected chi connectivity index (χ2v) is 7.67. The molecular formula is C19H26ClNO4. The number of aliphatic carboxylic acids is 1. The van der Waals surface area contributed by atoms with Gasteiger partial charge in [0.05, 0.1) is 11.7 Å². The van der Waals surface area contributed by atoms with Crippen LogP contribution in [-0.2, 0) is 9.53 Å². The number of hydrogen-bond acceptors (Lipinski definition) is 4. The van der Waals surface area contributed by atoms with Gasteiger partial charge in [-0.1, -0.05) is 23.7 Å². The minimum Gasteiger partial charge on any atom is -0.480 e. The van der Waals surface area contributed by atoms with Gasteiger partial charge in [0, 0.05) is 12.1 Å². The van der Waals surface area contributed by atoms with Crippen molar-refractivity contribution in [1.82, 2.24) is 4.90 Å². The smallest absolute Gasteiger partial charge is 0.323 e. The lowest BCUT2D eigenvalue weighted by Crippen LogP contribution is -2.62. The van der Waals surface area contributed by atoms with Crippen LogP contribution in [0.4, 0.5) is 0 Å². The van der Waals surface area contributed by atoms with Crippen LogP contribution >= 0.6 is 11.6 Å². The van der Waals surface area contributed by atoms with Gasteiger partial charge >= 0.3 is 5.97 Å². The molecule has 2 aliphatic rings. The first kappa shape index (κ1) is 18.6. The van der Waals surface area contributed by atoms with Crippen molar-refractivity contribution in [2.75, 3.05) is 20.2 Å². The fraction of sp³-hybridized carbons (Fsp3) is 0.632. The van der Waals surface area contributed by atoms with Gasteiger partial charge in [0.1, 0.15) is 6.04 Å². The highest BCUT2D eigenvalue weighted by atomic mass is 35.5. The summed E-state index contributed by atoms with van der Waals surface area (Å²) in [4.78, 5) is 13.9.